The van der Waals surface area contributed by atoms with Crippen LogP contribution in [-0.4, -0.2) is 39.8 Å². The Hall–Kier alpha value is -2.94. The number of rotatable bonds is 6. The van der Waals surface area contributed by atoms with Crippen molar-refractivity contribution in [3.8, 4) is 0 Å². The van der Waals surface area contributed by atoms with Crippen molar-refractivity contribution in [1.82, 2.24) is 20.5 Å². The molecule has 1 fully saturated rings. The molecule has 4 rings (SSSR count). The average Bonchev–Trinajstić information content (AvgIpc) is 3.42. The minimum atomic E-state index is -0.370. The number of nitrogens with zero attached hydrogens (tertiary/aromatic N) is 2. The number of H-pyrrole nitrogens is 1. The summed E-state index contributed by atoms with van der Waals surface area (Å²) in [5.74, 6) is 0.604. The third-order valence-electron chi connectivity index (χ3n) is 5.08. The first-order valence-corrected chi connectivity index (χ1v) is 10.6. The van der Waals surface area contributed by atoms with E-state index in [1.807, 2.05) is 31.2 Å². The highest BCUT2D eigenvalue weighted by Gasteiger charge is 2.30. The van der Waals surface area contributed by atoms with Gasteiger partial charge in [0.25, 0.3) is 0 Å². The molecule has 9 heteroatoms. The lowest BCUT2D eigenvalue weighted by atomic mass is 10.0. The van der Waals surface area contributed by atoms with Crippen LogP contribution >= 0.6 is 11.3 Å². The lowest BCUT2D eigenvalue weighted by molar-refractivity contribution is -0.115. The molecule has 2 aromatic heterocycles. The second-order valence-corrected chi connectivity index (χ2v) is 8.00. The summed E-state index contributed by atoms with van der Waals surface area (Å²) in [5, 5.41) is 12.7. The van der Waals surface area contributed by atoms with Crippen molar-refractivity contribution in [2.75, 3.05) is 11.9 Å². The number of hydrogen-bond donors (Lipinski definition) is 3. The predicted octanol–water partition coefficient (Wildman–Crippen LogP) is 3.58. The molecule has 2 heterocycles. The van der Waals surface area contributed by atoms with Crippen molar-refractivity contribution >= 4 is 39.4 Å². The van der Waals surface area contributed by atoms with Crippen molar-refractivity contribution in [1.29, 1.82) is 0 Å². The van der Waals surface area contributed by atoms with E-state index >= 15 is 0 Å². The molecule has 0 aliphatic heterocycles. The monoisotopic (exact) mass is 413 g/mol. The maximum absolute atomic E-state index is 12.5. The van der Waals surface area contributed by atoms with Crippen LogP contribution in [0.1, 0.15) is 43.4 Å². The maximum Gasteiger partial charge on any atom is 0.407 e. The van der Waals surface area contributed by atoms with Gasteiger partial charge in [0.05, 0.1) is 22.1 Å². The molecule has 2 amide bonds. The zero-order valence-electron chi connectivity index (χ0n) is 16.1. The molecular formula is C20H23N5O3S. The Morgan fingerprint density at radius 2 is 2.24 bits per heavy atom. The van der Waals surface area contributed by atoms with Gasteiger partial charge in [0.15, 0.2) is 5.82 Å². The average molecular weight is 414 g/mol. The third kappa shape index (κ3) is 4.56. The summed E-state index contributed by atoms with van der Waals surface area (Å²) in [6.45, 7) is 2.41. The first kappa shape index (κ1) is 19.4. The third-order valence-corrected chi connectivity index (χ3v) is 5.87. The van der Waals surface area contributed by atoms with Gasteiger partial charge in [-0.3, -0.25) is 9.89 Å². The highest BCUT2D eigenvalue weighted by atomic mass is 32.1. The van der Waals surface area contributed by atoms with Gasteiger partial charge in [-0.05, 0) is 37.8 Å². The normalized spacial score (nSPS) is 18.7. The number of anilines is 1. The number of thiazole rings is 1. The molecular weight excluding hydrogens is 390 g/mol. The summed E-state index contributed by atoms with van der Waals surface area (Å²) < 4.78 is 6.48. The molecule has 3 N–H and O–H groups in total. The highest BCUT2D eigenvalue weighted by Crippen LogP contribution is 2.35. The van der Waals surface area contributed by atoms with Crippen LogP contribution in [0.5, 0.6) is 0 Å². The van der Waals surface area contributed by atoms with Gasteiger partial charge >= 0.3 is 6.09 Å². The van der Waals surface area contributed by atoms with Crippen molar-refractivity contribution in [2.45, 2.75) is 44.6 Å². The Morgan fingerprint density at radius 3 is 3.10 bits per heavy atom. The fraction of sp³-hybridized carbons (Fsp3) is 0.400. The van der Waals surface area contributed by atoms with Crippen LogP contribution in [0.3, 0.4) is 0 Å². The Morgan fingerprint density at radius 1 is 1.34 bits per heavy atom. The summed E-state index contributed by atoms with van der Waals surface area (Å²) in [4.78, 5) is 28.4. The molecule has 1 unspecified atom stereocenters. The second kappa shape index (κ2) is 8.60. The van der Waals surface area contributed by atoms with Crippen molar-refractivity contribution in [3.63, 3.8) is 0 Å². The van der Waals surface area contributed by atoms with E-state index in [2.05, 4.69) is 25.8 Å². The molecule has 2 atom stereocenters. The minimum absolute atomic E-state index is 0.0912. The molecule has 0 radical (unpaired) electrons. The minimum Gasteiger partial charge on any atom is -0.446 e. The van der Waals surface area contributed by atoms with Crippen LogP contribution in [0.25, 0.3) is 10.2 Å². The molecule has 1 aliphatic carbocycles. The fourth-order valence-corrected chi connectivity index (χ4v) is 4.45. The Kier molecular flexibility index (Phi) is 5.75. The standard InChI is InChI=1S/C20H23N5O3S/c1-2-21-20(27)28-14-7-6-12(8-14)15-10-17(25-24-15)23-18(26)9-13-4-3-5-16-19(13)22-11-29-16/h3-5,10-12,14H,2,6-9H2,1H3,(H,21,27)(H2,23,24,25,26)/t12-,14?/m0/s1. The van der Waals surface area contributed by atoms with E-state index < -0.39 is 0 Å². The van der Waals surface area contributed by atoms with Crippen molar-refractivity contribution in [3.05, 3.63) is 41.0 Å². The zero-order chi connectivity index (χ0) is 20.2. The van der Waals surface area contributed by atoms with E-state index in [1.165, 1.54) is 0 Å². The number of nitrogens with one attached hydrogen (secondary N) is 3. The molecule has 8 nitrogen and oxygen atoms in total. The number of benzene rings is 1. The Balaban J connectivity index is 1.33. The first-order chi connectivity index (χ1) is 14.1. The highest BCUT2D eigenvalue weighted by molar-refractivity contribution is 7.16. The lowest BCUT2D eigenvalue weighted by Crippen LogP contribution is -2.27. The summed E-state index contributed by atoms with van der Waals surface area (Å²) in [5.41, 5.74) is 4.51. The number of para-hydroxylation sites is 1. The van der Waals surface area contributed by atoms with Crippen LogP contribution in [0.2, 0.25) is 0 Å². The lowest BCUT2D eigenvalue weighted by Gasteiger charge is -2.12. The molecule has 152 valence electrons. The molecule has 0 saturated heterocycles. The number of alkyl carbamates (subject to hydrolysis) is 1. The van der Waals surface area contributed by atoms with E-state index in [9.17, 15) is 9.59 Å². The number of carbonyl (C=O) groups is 2. The van der Waals surface area contributed by atoms with Gasteiger partial charge in [0.2, 0.25) is 5.91 Å². The van der Waals surface area contributed by atoms with Gasteiger partial charge in [-0.2, -0.15) is 5.10 Å². The summed E-state index contributed by atoms with van der Waals surface area (Å²) in [7, 11) is 0. The van der Waals surface area contributed by atoms with Crippen LogP contribution in [0, 0.1) is 0 Å². The zero-order valence-corrected chi connectivity index (χ0v) is 16.9. The predicted molar refractivity (Wildman–Crippen MR) is 111 cm³/mol. The number of amides is 2. The van der Waals surface area contributed by atoms with Gasteiger partial charge < -0.3 is 15.4 Å². The smallest absolute Gasteiger partial charge is 0.407 e. The van der Waals surface area contributed by atoms with Crippen molar-refractivity contribution in [2.24, 2.45) is 0 Å². The largest absolute Gasteiger partial charge is 0.446 e. The van der Waals surface area contributed by atoms with E-state index in [-0.39, 0.29) is 30.4 Å². The summed E-state index contributed by atoms with van der Waals surface area (Å²) in [6, 6.07) is 7.72. The van der Waals surface area contributed by atoms with Crippen LogP contribution in [-0.2, 0) is 16.0 Å². The number of ether oxygens (including phenoxy) is 1. The maximum atomic E-state index is 12.5. The molecule has 1 saturated carbocycles. The van der Waals surface area contributed by atoms with Gasteiger partial charge in [-0.25, -0.2) is 9.78 Å². The van der Waals surface area contributed by atoms with Gasteiger partial charge in [0.1, 0.15) is 6.10 Å². The number of fused-ring (bicyclic) bond motifs is 1. The summed E-state index contributed by atoms with van der Waals surface area (Å²) in [6.07, 6.45) is 2.26. The molecule has 1 aromatic carbocycles. The van der Waals surface area contributed by atoms with Gasteiger partial charge in [0, 0.05) is 24.2 Å². The van der Waals surface area contributed by atoms with E-state index in [0.717, 1.165) is 40.7 Å². The fourth-order valence-electron chi connectivity index (χ4n) is 3.72. The number of aromatic amines is 1. The number of aromatic nitrogens is 3. The Labute approximate surface area is 172 Å². The second-order valence-electron chi connectivity index (χ2n) is 7.12. The quantitative estimate of drug-likeness (QED) is 0.572. The summed E-state index contributed by atoms with van der Waals surface area (Å²) >= 11 is 1.56. The molecule has 1 aliphatic rings. The molecule has 0 bridgehead atoms. The van der Waals surface area contributed by atoms with Gasteiger partial charge in [-0.1, -0.05) is 12.1 Å². The van der Waals surface area contributed by atoms with Gasteiger partial charge in [-0.15, -0.1) is 11.3 Å². The Bertz CT molecular complexity index is 1010. The molecule has 29 heavy (non-hydrogen) atoms. The topological polar surface area (TPSA) is 109 Å². The van der Waals surface area contributed by atoms with Crippen molar-refractivity contribution < 1.29 is 14.3 Å². The SMILES string of the molecule is CCNC(=O)OC1CC[C@H](c2cc(NC(=O)Cc3cccc4scnc34)n[nH]2)C1. The molecule has 0 spiro atoms. The first-order valence-electron chi connectivity index (χ1n) is 9.73. The number of carbonyl (C=O) groups excluding carboxylic acids is 2. The van der Waals surface area contributed by atoms with Crippen LogP contribution in [0.4, 0.5) is 10.6 Å². The van der Waals surface area contributed by atoms with Crippen LogP contribution < -0.4 is 10.6 Å². The van der Waals surface area contributed by atoms with E-state index in [1.54, 1.807) is 16.8 Å². The number of hydrogen-bond acceptors (Lipinski definition) is 6. The van der Waals surface area contributed by atoms with E-state index in [0.29, 0.717) is 12.4 Å². The molecule has 3 aromatic rings. The van der Waals surface area contributed by atoms with E-state index in [4.69, 9.17) is 4.74 Å². The van der Waals surface area contributed by atoms with Crippen LogP contribution in [0.15, 0.2) is 29.8 Å².